The van der Waals surface area contributed by atoms with Crippen LogP contribution in [0, 0.1) is 20.8 Å². The zero-order valence-electron chi connectivity index (χ0n) is 13.6. The summed E-state index contributed by atoms with van der Waals surface area (Å²) in [6.45, 7) is 5.76. The number of hydrogen-bond donors (Lipinski definition) is 0. The van der Waals surface area contributed by atoms with Gasteiger partial charge in [-0.05, 0) is 39.0 Å². The van der Waals surface area contributed by atoms with Crippen LogP contribution in [0.5, 0.6) is 17.4 Å². The first-order valence-electron chi connectivity index (χ1n) is 7.27. The minimum atomic E-state index is 0.449. The minimum Gasteiger partial charge on any atom is -0.493 e. The van der Waals surface area contributed by atoms with Crippen molar-refractivity contribution in [1.82, 2.24) is 19.7 Å². The van der Waals surface area contributed by atoms with Crippen LogP contribution in [0.2, 0.25) is 0 Å². The van der Waals surface area contributed by atoms with Crippen LogP contribution in [0.25, 0.3) is 5.82 Å². The Morgan fingerprint density at radius 1 is 0.957 bits per heavy atom. The average Bonchev–Trinajstić information content (AvgIpc) is 2.86. The van der Waals surface area contributed by atoms with Gasteiger partial charge in [-0.25, -0.2) is 9.67 Å². The van der Waals surface area contributed by atoms with Gasteiger partial charge in [-0.15, -0.1) is 0 Å². The van der Waals surface area contributed by atoms with Gasteiger partial charge < -0.3 is 9.47 Å². The number of aromatic nitrogens is 4. The van der Waals surface area contributed by atoms with E-state index in [1.165, 1.54) is 0 Å². The second-order valence-electron chi connectivity index (χ2n) is 5.20. The van der Waals surface area contributed by atoms with E-state index in [0.29, 0.717) is 29.0 Å². The van der Waals surface area contributed by atoms with E-state index in [2.05, 4.69) is 15.1 Å². The lowest BCUT2D eigenvalue weighted by molar-refractivity contribution is 0.373. The van der Waals surface area contributed by atoms with Gasteiger partial charge in [0.2, 0.25) is 5.88 Å². The van der Waals surface area contributed by atoms with E-state index in [0.717, 1.165) is 11.4 Å². The van der Waals surface area contributed by atoms with Gasteiger partial charge in [-0.1, -0.05) is 12.1 Å². The second-order valence-corrected chi connectivity index (χ2v) is 5.20. The SMILES string of the molecule is COc1ccccc1Oc1cc(-n2nc(C)cc2C)nc(C)n1. The topological polar surface area (TPSA) is 62.1 Å². The molecule has 0 saturated carbocycles. The predicted octanol–water partition coefficient (Wildman–Crippen LogP) is 3.39. The molecular formula is C17H18N4O2. The number of rotatable bonds is 4. The molecule has 3 rings (SSSR count). The van der Waals surface area contributed by atoms with Crippen molar-refractivity contribution < 1.29 is 9.47 Å². The highest BCUT2D eigenvalue weighted by Crippen LogP contribution is 2.30. The van der Waals surface area contributed by atoms with Crippen molar-refractivity contribution in [2.75, 3.05) is 7.11 Å². The Morgan fingerprint density at radius 3 is 2.35 bits per heavy atom. The van der Waals surface area contributed by atoms with Crippen LogP contribution in [0.3, 0.4) is 0 Å². The highest BCUT2D eigenvalue weighted by atomic mass is 16.5. The summed E-state index contributed by atoms with van der Waals surface area (Å²) in [6.07, 6.45) is 0. The molecule has 1 aromatic carbocycles. The molecule has 6 heteroatoms. The van der Waals surface area contributed by atoms with E-state index >= 15 is 0 Å². The molecule has 0 aliphatic heterocycles. The molecule has 0 bridgehead atoms. The van der Waals surface area contributed by atoms with Crippen LogP contribution in [0.15, 0.2) is 36.4 Å². The van der Waals surface area contributed by atoms with Crippen LogP contribution in [-0.2, 0) is 0 Å². The molecule has 0 unspecified atom stereocenters. The highest BCUT2D eigenvalue weighted by Gasteiger charge is 2.11. The Balaban J connectivity index is 1.99. The van der Waals surface area contributed by atoms with Gasteiger partial charge in [0.25, 0.3) is 0 Å². The fourth-order valence-electron chi connectivity index (χ4n) is 2.36. The average molecular weight is 310 g/mol. The summed E-state index contributed by atoms with van der Waals surface area (Å²) in [5.74, 6) is 2.99. The highest BCUT2D eigenvalue weighted by molar-refractivity contribution is 5.42. The normalized spacial score (nSPS) is 10.6. The molecule has 3 aromatic rings. The first-order chi connectivity index (χ1) is 11.1. The first kappa shape index (κ1) is 15.0. The number of benzene rings is 1. The summed E-state index contributed by atoms with van der Waals surface area (Å²) >= 11 is 0. The number of hydrogen-bond acceptors (Lipinski definition) is 5. The maximum absolute atomic E-state index is 5.87. The molecular weight excluding hydrogens is 292 g/mol. The molecule has 118 valence electrons. The molecule has 23 heavy (non-hydrogen) atoms. The number of methoxy groups -OCH3 is 1. The van der Waals surface area contributed by atoms with Gasteiger partial charge >= 0.3 is 0 Å². The molecule has 0 N–H and O–H groups in total. The lowest BCUT2D eigenvalue weighted by atomic mass is 10.3. The molecule has 0 spiro atoms. The fourth-order valence-corrected chi connectivity index (χ4v) is 2.36. The molecule has 0 fully saturated rings. The van der Waals surface area contributed by atoms with Gasteiger partial charge in [0.15, 0.2) is 17.3 Å². The third-order valence-electron chi connectivity index (χ3n) is 3.31. The summed E-state index contributed by atoms with van der Waals surface area (Å²) in [5, 5.41) is 4.45. The van der Waals surface area contributed by atoms with Crippen molar-refractivity contribution in [2.24, 2.45) is 0 Å². The van der Waals surface area contributed by atoms with E-state index in [-0.39, 0.29) is 0 Å². The van der Waals surface area contributed by atoms with E-state index in [1.807, 2.05) is 51.1 Å². The Bertz CT molecular complexity index is 842. The van der Waals surface area contributed by atoms with Crippen LogP contribution in [0.1, 0.15) is 17.2 Å². The maximum atomic E-state index is 5.87. The molecule has 0 amide bonds. The minimum absolute atomic E-state index is 0.449. The van der Waals surface area contributed by atoms with E-state index in [9.17, 15) is 0 Å². The van der Waals surface area contributed by atoms with Crippen LogP contribution in [0.4, 0.5) is 0 Å². The van der Waals surface area contributed by atoms with Crippen LogP contribution < -0.4 is 9.47 Å². The third-order valence-corrected chi connectivity index (χ3v) is 3.31. The molecule has 0 saturated heterocycles. The summed E-state index contributed by atoms with van der Waals surface area (Å²) in [7, 11) is 1.61. The summed E-state index contributed by atoms with van der Waals surface area (Å²) < 4.78 is 12.9. The van der Waals surface area contributed by atoms with Crippen LogP contribution in [-0.4, -0.2) is 26.9 Å². The Labute approximate surface area is 134 Å². The monoisotopic (exact) mass is 310 g/mol. The smallest absolute Gasteiger partial charge is 0.224 e. The Morgan fingerprint density at radius 2 is 1.70 bits per heavy atom. The van der Waals surface area contributed by atoms with E-state index in [1.54, 1.807) is 17.9 Å². The molecule has 6 nitrogen and oxygen atoms in total. The number of para-hydroxylation sites is 2. The zero-order chi connectivity index (χ0) is 16.4. The Kier molecular flexibility index (Phi) is 3.97. The van der Waals surface area contributed by atoms with Crippen LogP contribution >= 0.6 is 0 Å². The van der Waals surface area contributed by atoms with Crippen molar-refractivity contribution in [3.8, 4) is 23.2 Å². The van der Waals surface area contributed by atoms with Crippen molar-refractivity contribution in [3.63, 3.8) is 0 Å². The second kappa shape index (κ2) is 6.08. The quantitative estimate of drug-likeness (QED) is 0.739. The van der Waals surface area contributed by atoms with Crippen molar-refractivity contribution in [3.05, 3.63) is 53.6 Å². The third kappa shape index (κ3) is 3.15. The van der Waals surface area contributed by atoms with Gasteiger partial charge in [0.1, 0.15) is 5.82 Å². The number of ether oxygens (including phenoxy) is 2. The molecule has 0 aliphatic rings. The standard InChI is InChI=1S/C17H18N4O2/c1-11-9-12(2)21(20-11)16-10-17(19-13(3)18-16)23-15-8-6-5-7-14(15)22-4/h5-10H,1-4H3. The van der Waals surface area contributed by atoms with Crippen molar-refractivity contribution >= 4 is 0 Å². The summed E-state index contributed by atoms with van der Waals surface area (Å²) in [5.41, 5.74) is 1.94. The van der Waals surface area contributed by atoms with Gasteiger partial charge in [0.05, 0.1) is 12.8 Å². The predicted molar refractivity (Wildman–Crippen MR) is 86.4 cm³/mol. The lowest BCUT2D eigenvalue weighted by Crippen LogP contribution is -2.05. The molecule has 2 heterocycles. The number of aryl methyl sites for hydroxylation is 3. The molecule has 2 aromatic heterocycles. The van der Waals surface area contributed by atoms with Gasteiger partial charge in [0, 0.05) is 11.8 Å². The lowest BCUT2D eigenvalue weighted by Gasteiger charge is -2.11. The summed E-state index contributed by atoms with van der Waals surface area (Å²) in [4.78, 5) is 8.78. The largest absolute Gasteiger partial charge is 0.493 e. The molecule has 0 aliphatic carbocycles. The van der Waals surface area contributed by atoms with Gasteiger partial charge in [-0.2, -0.15) is 10.1 Å². The van der Waals surface area contributed by atoms with E-state index in [4.69, 9.17) is 9.47 Å². The summed E-state index contributed by atoms with van der Waals surface area (Å²) in [6, 6.07) is 11.2. The van der Waals surface area contributed by atoms with E-state index < -0.39 is 0 Å². The molecule has 0 atom stereocenters. The van der Waals surface area contributed by atoms with Crippen molar-refractivity contribution in [1.29, 1.82) is 0 Å². The zero-order valence-corrected chi connectivity index (χ0v) is 13.6. The molecule has 0 radical (unpaired) electrons. The maximum Gasteiger partial charge on any atom is 0.224 e. The fraction of sp³-hybridized carbons (Fsp3) is 0.235. The van der Waals surface area contributed by atoms with Gasteiger partial charge in [-0.3, -0.25) is 0 Å². The Hall–Kier alpha value is -2.89. The van der Waals surface area contributed by atoms with Crippen molar-refractivity contribution in [2.45, 2.75) is 20.8 Å². The first-order valence-corrected chi connectivity index (χ1v) is 7.27. The number of nitrogens with zero attached hydrogens (tertiary/aromatic N) is 4.